The molecule has 3 rings (SSSR count). The van der Waals surface area contributed by atoms with E-state index in [0.29, 0.717) is 18.6 Å². The van der Waals surface area contributed by atoms with Gasteiger partial charge in [-0.1, -0.05) is 0 Å². The van der Waals surface area contributed by atoms with Gasteiger partial charge in [-0.25, -0.2) is 0 Å². The van der Waals surface area contributed by atoms with E-state index in [1.807, 2.05) is 12.1 Å². The maximum absolute atomic E-state index is 12.3. The van der Waals surface area contributed by atoms with Crippen molar-refractivity contribution >= 4 is 17.4 Å². The van der Waals surface area contributed by atoms with Crippen molar-refractivity contribution in [1.82, 2.24) is 0 Å². The van der Waals surface area contributed by atoms with Gasteiger partial charge in [-0.2, -0.15) is 0 Å². The van der Waals surface area contributed by atoms with Crippen LogP contribution in [0, 0.1) is 5.92 Å². The quantitative estimate of drug-likeness (QED) is 0.808. The fraction of sp³-hybridized carbons (Fsp3) is 0.429. The van der Waals surface area contributed by atoms with Gasteiger partial charge < -0.3 is 10.1 Å². The van der Waals surface area contributed by atoms with Gasteiger partial charge >= 0.3 is 0 Å². The van der Waals surface area contributed by atoms with Crippen molar-refractivity contribution in [2.75, 3.05) is 18.5 Å². The molecule has 4 heteroatoms. The molecule has 2 aliphatic heterocycles. The number of Topliss-reactive ketones (excluding diaryl/α,β-unsaturated/α-hetero) is 1. The van der Waals surface area contributed by atoms with Crippen LogP contribution in [0.2, 0.25) is 0 Å². The predicted molar refractivity (Wildman–Crippen MR) is 66.6 cm³/mol. The molecule has 1 unspecified atom stereocenters. The molecule has 2 aliphatic rings. The Kier molecular flexibility index (Phi) is 2.88. The zero-order valence-electron chi connectivity index (χ0n) is 10.1. The molecular formula is C14H15NO3. The normalized spacial score (nSPS) is 22.4. The van der Waals surface area contributed by atoms with Crippen LogP contribution in [0.15, 0.2) is 18.2 Å². The van der Waals surface area contributed by atoms with Gasteiger partial charge in [-0.05, 0) is 36.6 Å². The zero-order chi connectivity index (χ0) is 12.5. The average molecular weight is 245 g/mol. The summed E-state index contributed by atoms with van der Waals surface area (Å²) in [4.78, 5) is 23.6. The van der Waals surface area contributed by atoms with Gasteiger partial charge in [0.15, 0.2) is 5.78 Å². The Balaban J connectivity index is 1.82. The van der Waals surface area contributed by atoms with E-state index in [1.54, 1.807) is 6.07 Å². The van der Waals surface area contributed by atoms with E-state index in [1.165, 1.54) is 0 Å². The highest BCUT2D eigenvalue weighted by molar-refractivity contribution is 6.02. The maximum atomic E-state index is 12.3. The maximum Gasteiger partial charge on any atom is 0.228 e. The fourth-order valence-electron chi connectivity index (χ4n) is 2.57. The molecular weight excluding hydrogens is 230 g/mol. The molecule has 18 heavy (non-hydrogen) atoms. The smallest absolute Gasteiger partial charge is 0.228 e. The van der Waals surface area contributed by atoms with Gasteiger partial charge in [0.1, 0.15) is 0 Å². The van der Waals surface area contributed by atoms with Crippen molar-refractivity contribution in [2.45, 2.75) is 19.3 Å². The predicted octanol–water partition coefficient (Wildman–Crippen LogP) is 1.79. The molecule has 1 saturated heterocycles. The lowest BCUT2D eigenvalue weighted by Gasteiger charge is -2.21. The van der Waals surface area contributed by atoms with Crippen molar-refractivity contribution < 1.29 is 14.3 Å². The topological polar surface area (TPSA) is 55.4 Å². The Morgan fingerprint density at radius 2 is 2.28 bits per heavy atom. The Morgan fingerprint density at radius 3 is 3.06 bits per heavy atom. The number of ketones is 1. The van der Waals surface area contributed by atoms with E-state index in [-0.39, 0.29) is 17.6 Å². The van der Waals surface area contributed by atoms with E-state index < -0.39 is 0 Å². The summed E-state index contributed by atoms with van der Waals surface area (Å²) in [7, 11) is 0. The lowest BCUT2D eigenvalue weighted by molar-refractivity contribution is -0.115. The second-order valence-corrected chi connectivity index (χ2v) is 4.88. The van der Waals surface area contributed by atoms with Gasteiger partial charge in [0, 0.05) is 23.8 Å². The van der Waals surface area contributed by atoms with Crippen LogP contribution in [0.4, 0.5) is 5.69 Å². The number of ether oxygens (including phenoxy) is 1. The van der Waals surface area contributed by atoms with Gasteiger partial charge in [-0.3, -0.25) is 9.59 Å². The second kappa shape index (κ2) is 4.53. The standard InChI is InChI=1S/C14H15NO3/c16-13-7-11-6-9(3-4-12(11)15-13)14(17)10-2-1-5-18-8-10/h3-4,6,10H,1-2,5,7-8H2,(H,15,16). The third kappa shape index (κ3) is 2.04. The number of fused-ring (bicyclic) bond motifs is 1. The SMILES string of the molecule is O=C1Cc2cc(C(=O)C3CCCOC3)ccc2N1. The first-order valence-corrected chi connectivity index (χ1v) is 6.29. The minimum atomic E-state index is -0.0261. The molecule has 1 atom stereocenters. The number of benzene rings is 1. The van der Waals surface area contributed by atoms with Crippen LogP contribution in [0.3, 0.4) is 0 Å². The highest BCUT2D eigenvalue weighted by Gasteiger charge is 2.25. The number of hydrogen-bond acceptors (Lipinski definition) is 3. The summed E-state index contributed by atoms with van der Waals surface area (Å²) in [6, 6.07) is 5.45. The van der Waals surface area contributed by atoms with Crippen molar-refractivity contribution in [2.24, 2.45) is 5.92 Å². The molecule has 2 heterocycles. The lowest BCUT2D eigenvalue weighted by atomic mass is 9.91. The summed E-state index contributed by atoms with van der Waals surface area (Å²) in [6.07, 6.45) is 2.21. The first-order chi connectivity index (χ1) is 8.74. The molecule has 0 radical (unpaired) electrons. The third-order valence-electron chi connectivity index (χ3n) is 3.55. The first kappa shape index (κ1) is 11.4. The molecule has 1 aromatic carbocycles. The number of rotatable bonds is 2. The van der Waals surface area contributed by atoms with Gasteiger partial charge in [0.2, 0.25) is 5.91 Å². The Hall–Kier alpha value is -1.68. The van der Waals surface area contributed by atoms with Crippen LogP contribution >= 0.6 is 0 Å². The molecule has 94 valence electrons. The number of anilines is 1. The molecule has 0 spiro atoms. The van der Waals surface area contributed by atoms with Gasteiger partial charge in [-0.15, -0.1) is 0 Å². The Labute approximate surface area is 105 Å². The minimum Gasteiger partial charge on any atom is -0.381 e. The summed E-state index contributed by atoms with van der Waals surface area (Å²) in [5.41, 5.74) is 2.44. The number of nitrogens with one attached hydrogen (secondary N) is 1. The summed E-state index contributed by atoms with van der Waals surface area (Å²) in [5.74, 6) is 0.106. The molecule has 0 bridgehead atoms. The number of carbonyl (C=O) groups excluding carboxylic acids is 2. The Bertz CT molecular complexity index is 504. The fourth-order valence-corrected chi connectivity index (χ4v) is 2.57. The molecule has 4 nitrogen and oxygen atoms in total. The van der Waals surface area contributed by atoms with Crippen molar-refractivity contribution in [1.29, 1.82) is 0 Å². The molecule has 0 saturated carbocycles. The average Bonchev–Trinajstić information content (AvgIpc) is 2.78. The Morgan fingerprint density at radius 1 is 1.39 bits per heavy atom. The van der Waals surface area contributed by atoms with Crippen molar-refractivity contribution in [3.05, 3.63) is 29.3 Å². The number of amides is 1. The second-order valence-electron chi connectivity index (χ2n) is 4.88. The van der Waals surface area contributed by atoms with Gasteiger partial charge in [0.05, 0.1) is 13.0 Å². The minimum absolute atomic E-state index is 0.00408. The first-order valence-electron chi connectivity index (χ1n) is 6.29. The summed E-state index contributed by atoms with van der Waals surface area (Å²) in [5, 5.41) is 2.77. The van der Waals surface area contributed by atoms with E-state index in [2.05, 4.69) is 5.32 Å². The molecule has 1 amide bonds. The largest absolute Gasteiger partial charge is 0.381 e. The highest BCUT2D eigenvalue weighted by Crippen LogP contribution is 2.26. The molecule has 1 N–H and O–H groups in total. The summed E-state index contributed by atoms with van der Waals surface area (Å²) < 4.78 is 5.35. The third-order valence-corrected chi connectivity index (χ3v) is 3.55. The van der Waals surface area contributed by atoms with Crippen LogP contribution < -0.4 is 5.32 Å². The highest BCUT2D eigenvalue weighted by atomic mass is 16.5. The van der Waals surface area contributed by atoms with Crippen LogP contribution in [0.25, 0.3) is 0 Å². The van der Waals surface area contributed by atoms with E-state index in [9.17, 15) is 9.59 Å². The van der Waals surface area contributed by atoms with E-state index in [4.69, 9.17) is 4.74 Å². The van der Waals surface area contributed by atoms with Crippen molar-refractivity contribution in [3.63, 3.8) is 0 Å². The molecule has 0 aliphatic carbocycles. The summed E-state index contributed by atoms with van der Waals surface area (Å²) in [6.45, 7) is 1.28. The van der Waals surface area contributed by atoms with Crippen LogP contribution in [0.5, 0.6) is 0 Å². The lowest BCUT2D eigenvalue weighted by Crippen LogP contribution is -2.25. The zero-order valence-corrected chi connectivity index (χ0v) is 10.1. The monoisotopic (exact) mass is 245 g/mol. The van der Waals surface area contributed by atoms with Crippen LogP contribution in [-0.4, -0.2) is 24.9 Å². The molecule has 1 aromatic rings. The van der Waals surface area contributed by atoms with Crippen LogP contribution in [-0.2, 0) is 16.0 Å². The summed E-state index contributed by atoms with van der Waals surface area (Å²) >= 11 is 0. The number of carbonyl (C=O) groups is 2. The van der Waals surface area contributed by atoms with Crippen LogP contribution in [0.1, 0.15) is 28.8 Å². The molecule has 1 fully saturated rings. The van der Waals surface area contributed by atoms with E-state index >= 15 is 0 Å². The van der Waals surface area contributed by atoms with Gasteiger partial charge in [0.25, 0.3) is 0 Å². The van der Waals surface area contributed by atoms with E-state index in [0.717, 1.165) is 30.7 Å². The van der Waals surface area contributed by atoms with Crippen molar-refractivity contribution in [3.8, 4) is 0 Å². The number of hydrogen-bond donors (Lipinski definition) is 1. The molecule has 0 aromatic heterocycles.